The normalized spacial score (nSPS) is 14.3. The molecule has 5 rings (SSSR count). The second kappa shape index (κ2) is 9.84. The fourth-order valence-electron chi connectivity index (χ4n) is 4.62. The van der Waals surface area contributed by atoms with Gasteiger partial charge in [-0.25, -0.2) is 0 Å². The number of unbranched alkanes of at least 4 members (excludes halogenated alkanes) is 1. The molecule has 1 atom stereocenters. The number of halogens is 1. The van der Waals surface area contributed by atoms with Gasteiger partial charge in [0.1, 0.15) is 12.6 Å². The monoisotopic (exact) mass is 487 g/mol. The molecule has 0 N–H and O–H groups in total. The molecular formula is C28H26ClN3O3. The summed E-state index contributed by atoms with van der Waals surface area (Å²) in [6.45, 7) is 2.47. The number of para-hydroxylation sites is 2. The van der Waals surface area contributed by atoms with E-state index in [-0.39, 0.29) is 30.2 Å². The Labute approximate surface area is 209 Å². The number of aromatic nitrogens is 1. The van der Waals surface area contributed by atoms with Crippen LogP contribution in [0.15, 0.2) is 89.7 Å². The number of hydrogen-bond acceptors (Lipinski definition) is 3. The van der Waals surface area contributed by atoms with Gasteiger partial charge in [-0.3, -0.25) is 14.5 Å². The van der Waals surface area contributed by atoms with E-state index in [4.69, 9.17) is 16.0 Å². The first kappa shape index (κ1) is 23.0. The second-order valence-electron chi connectivity index (χ2n) is 8.57. The van der Waals surface area contributed by atoms with Crippen LogP contribution in [-0.2, 0) is 4.79 Å². The molecule has 1 aliphatic rings. The van der Waals surface area contributed by atoms with Gasteiger partial charge in [0.15, 0.2) is 5.76 Å². The van der Waals surface area contributed by atoms with E-state index in [2.05, 4.69) is 11.5 Å². The first-order valence-corrected chi connectivity index (χ1v) is 12.1. The van der Waals surface area contributed by atoms with Gasteiger partial charge < -0.3 is 13.9 Å². The van der Waals surface area contributed by atoms with Crippen molar-refractivity contribution in [2.45, 2.75) is 25.8 Å². The molecular weight excluding hydrogens is 462 g/mol. The van der Waals surface area contributed by atoms with Gasteiger partial charge in [0.25, 0.3) is 5.91 Å². The minimum absolute atomic E-state index is 0.0569. The molecule has 7 heteroatoms. The van der Waals surface area contributed by atoms with Gasteiger partial charge in [-0.1, -0.05) is 49.2 Å². The van der Waals surface area contributed by atoms with Crippen molar-refractivity contribution in [2.24, 2.45) is 0 Å². The van der Waals surface area contributed by atoms with E-state index in [0.29, 0.717) is 11.6 Å². The lowest BCUT2D eigenvalue weighted by atomic mass is 9.97. The highest BCUT2D eigenvalue weighted by Crippen LogP contribution is 2.42. The van der Waals surface area contributed by atoms with Crippen molar-refractivity contribution >= 4 is 29.1 Å². The number of carbonyl (C=O) groups is 2. The molecule has 2 aromatic carbocycles. The van der Waals surface area contributed by atoms with Crippen LogP contribution >= 0.6 is 11.6 Å². The summed E-state index contributed by atoms with van der Waals surface area (Å²) in [4.78, 5) is 30.6. The molecule has 35 heavy (non-hydrogen) atoms. The summed E-state index contributed by atoms with van der Waals surface area (Å²) in [6.07, 6.45) is 5.18. The first-order chi connectivity index (χ1) is 17.1. The van der Waals surface area contributed by atoms with Crippen LogP contribution in [-0.4, -0.2) is 34.4 Å². The number of hydrogen-bond donors (Lipinski definition) is 0. The van der Waals surface area contributed by atoms with Gasteiger partial charge in [0, 0.05) is 17.8 Å². The van der Waals surface area contributed by atoms with Gasteiger partial charge in [0.2, 0.25) is 5.91 Å². The minimum Gasteiger partial charge on any atom is -0.459 e. The maximum atomic E-state index is 14.1. The molecule has 3 heterocycles. The van der Waals surface area contributed by atoms with Gasteiger partial charge in [-0.2, -0.15) is 0 Å². The Balaban J connectivity index is 1.56. The molecule has 0 fully saturated rings. The van der Waals surface area contributed by atoms with Crippen molar-refractivity contribution in [3.8, 4) is 5.69 Å². The Morgan fingerprint density at radius 2 is 1.74 bits per heavy atom. The molecule has 4 aromatic rings. The van der Waals surface area contributed by atoms with Crippen LogP contribution in [0.25, 0.3) is 5.69 Å². The number of rotatable bonds is 7. The Morgan fingerprint density at radius 1 is 0.971 bits per heavy atom. The van der Waals surface area contributed by atoms with Crippen LogP contribution in [0.4, 0.5) is 5.69 Å². The quantitative estimate of drug-likeness (QED) is 0.316. The topological polar surface area (TPSA) is 58.7 Å². The van der Waals surface area contributed by atoms with E-state index in [1.54, 1.807) is 17.0 Å². The first-order valence-electron chi connectivity index (χ1n) is 11.8. The average molecular weight is 488 g/mol. The molecule has 0 radical (unpaired) electrons. The summed E-state index contributed by atoms with van der Waals surface area (Å²) < 4.78 is 7.46. The van der Waals surface area contributed by atoms with Gasteiger partial charge in [-0.05, 0) is 60.5 Å². The van der Waals surface area contributed by atoms with Gasteiger partial charge in [-0.15, -0.1) is 0 Å². The third kappa shape index (κ3) is 4.37. The third-order valence-corrected chi connectivity index (χ3v) is 6.55. The second-order valence-corrected chi connectivity index (χ2v) is 9.00. The molecule has 0 spiro atoms. The van der Waals surface area contributed by atoms with Gasteiger partial charge >= 0.3 is 0 Å². The zero-order chi connectivity index (χ0) is 24.4. The van der Waals surface area contributed by atoms with Crippen molar-refractivity contribution in [3.05, 3.63) is 107 Å². The maximum absolute atomic E-state index is 14.1. The Hall–Kier alpha value is -3.77. The van der Waals surface area contributed by atoms with Crippen molar-refractivity contribution < 1.29 is 14.0 Å². The lowest BCUT2D eigenvalue weighted by Crippen LogP contribution is -2.47. The van der Waals surface area contributed by atoms with Crippen molar-refractivity contribution in [1.29, 1.82) is 0 Å². The smallest absolute Gasteiger partial charge is 0.290 e. The van der Waals surface area contributed by atoms with Crippen molar-refractivity contribution in [1.82, 2.24) is 9.47 Å². The summed E-state index contributed by atoms with van der Waals surface area (Å²) in [5, 5.41) is 0.632. The fourth-order valence-corrected chi connectivity index (χ4v) is 4.75. The fraction of sp³-hybridized carbons (Fsp3) is 0.214. The molecule has 0 bridgehead atoms. The van der Waals surface area contributed by atoms with Crippen LogP contribution in [0.2, 0.25) is 5.02 Å². The summed E-state index contributed by atoms with van der Waals surface area (Å²) >= 11 is 6.17. The molecule has 1 unspecified atom stereocenters. The lowest BCUT2D eigenvalue weighted by molar-refractivity contribution is -0.119. The van der Waals surface area contributed by atoms with E-state index < -0.39 is 0 Å². The third-order valence-electron chi connectivity index (χ3n) is 6.30. The van der Waals surface area contributed by atoms with Crippen LogP contribution in [0.1, 0.15) is 47.6 Å². The number of furan rings is 1. The van der Waals surface area contributed by atoms with Crippen LogP contribution in [0.5, 0.6) is 0 Å². The summed E-state index contributed by atoms with van der Waals surface area (Å²) in [7, 11) is 0. The number of amides is 2. The average Bonchev–Trinajstić information content (AvgIpc) is 3.58. The highest BCUT2D eigenvalue weighted by atomic mass is 35.5. The number of nitrogens with zero attached hydrogens (tertiary/aromatic N) is 3. The molecule has 0 aliphatic carbocycles. The van der Waals surface area contributed by atoms with Crippen LogP contribution < -0.4 is 4.90 Å². The zero-order valence-corrected chi connectivity index (χ0v) is 20.2. The minimum atomic E-state index is -0.364. The molecule has 0 saturated heterocycles. The maximum Gasteiger partial charge on any atom is 0.290 e. The number of anilines is 1. The van der Waals surface area contributed by atoms with Crippen molar-refractivity contribution in [2.75, 3.05) is 18.0 Å². The Kier molecular flexibility index (Phi) is 6.47. The molecule has 6 nitrogen and oxygen atoms in total. The SMILES string of the molecule is CCCCN(CC(=O)N1c2ccccc2-n2cccc2C1c1ccc(Cl)cc1)C(=O)c1ccco1. The summed E-state index contributed by atoms with van der Waals surface area (Å²) in [5.41, 5.74) is 3.62. The van der Waals surface area contributed by atoms with Crippen molar-refractivity contribution in [3.63, 3.8) is 0 Å². The predicted octanol–water partition coefficient (Wildman–Crippen LogP) is 6.10. The van der Waals surface area contributed by atoms with E-state index in [1.165, 1.54) is 6.26 Å². The van der Waals surface area contributed by atoms with E-state index in [0.717, 1.165) is 35.5 Å². The standard InChI is InChI=1S/C28H26ClN3O3/c1-2-3-16-30(28(34)25-11-7-18-35-25)19-26(33)32-23-9-5-4-8-22(23)31-17-6-10-24(31)27(32)20-12-14-21(29)15-13-20/h4-15,17-18,27H,2-3,16,19H2,1H3. The molecule has 178 valence electrons. The molecule has 1 aliphatic heterocycles. The number of benzene rings is 2. The Bertz CT molecular complexity index is 1330. The van der Waals surface area contributed by atoms with E-state index in [1.807, 2.05) is 71.8 Å². The van der Waals surface area contributed by atoms with E-state index >= 15 is 0 Å². The zero-order valence-electron chi connectivity index (χ0n) is 19.4. The summed E-state index contributed by atoms with van der Waals surface area (Å²) in [5.74, 6) is -0.217. The number of fused-ring (bicyclic) bond motifs is 3. The molecule has 2 aromatic heterocycles. The predicted molar refractivity (Wildman–Crippen MR) is 136 cm³/mol. The lowest BCUT2D eigenvalue weighted by Gasteiger charge is -2.39. The van der Waals surface area contributed by atoms with Crippen LogP contribution in [0.3, 0.4) is 0 Å². The van der Waals surface area contributed by atoms with E-state index in [9.17, 15) is 9.59 Å². The highest BCUT2D eigenvalue weighted by molar-refractivity contribution is 6.30. The largest absolute Gasteiger partial charge is 0.459 e. The molecule has 2 amide bonds. The van der Waals surface area contributed by atoms with Gasteiger partial charge in [0.05, 0.1) is 23.3 Å². The summed E-state index contributed by atoms with van der Waals surface area (Å²) in [6, 6.07) is 22.3. The number of carbonyl (C=O) groups excluding carboxylic acids is 2. The Morgan fingerprint density at radius 3 is 2.46 bits per heavy atom. The van der Waals surface area contributed by atoms with Crippen LogP contribution in [0, 0.1) is 0 Å². The molecule has 0 saturated carbocycles. The highest BCUT2D eigenvalue weighted by Gasteiger charge is 2.37.